The van der Waals surface area contributed by atoms with Gasteiger partial charge in [-0.2, -0.15) is 0 Å². The van der Waals surface area contributed by atoms with Crippen LogP contribution in [0.4, 0.5) is 0 Å². The van der Waals surface area contributed by atoms with E-state index >= 15 is 0 Å². The van der Waals surface area contributed by atoms with E-state index in [1.54, 1.807) is 4.90 Å². The van der Waals surface area contributed by atoms with Crippen LogP contribution < -0.4 is 0 Å². The summed E-state index contributed by atoms with van der Waals surface area (Å²) in [7, 11) is 0. The Morgan fingerprint density at radius 2 is 1.48 bits per heavy atom. The topological polar surface area (TPSA) is 37.4 Å². The maximum Gasteiger partial charge on any atom is 0.229 e. The summed E-state index contributed by atoms with van der Waals surface area (Å²) in [5.74, 6) is -0.00509. The predicted molar refractivity (Wildman–Crippen MR) is 89.2 cm³/mol. The van der Waals surface area contributed by atoms with E-state index in [9.17, 15) is 9.59 Å². The molecule has 0 rings (SSSR count). The Balaban J connectivity index is 4.02. The normalized spacial score (nSPS) is 11.2. The smallest absolute Gasteiger partial charge is 0.229 e. The fourth-order valence-electron chi connectivity index (χ4n) is 2.12. The lowest BCUT2D eigenvalue weighted by molar-refractivity contribution is -0.135. The fourth-order valence-corrected chi connectivity index (χ4v) is 2.12. The van der Waals surface area contributed by atoms with E-state index in [-0.39, 0.29) is 18.1 Å². The Hall–Kier alpha value is -1.38. The van der Waals surface area contributed by atoms with E-state index in [4.69, 9.17) is 0 Å². The monoisotopic (exact) mass is 293 g/mol. The van der Waals surface area contributed by atoms with Crippen molar-refractivity contribution in [2.24, 2.45) is 0 Å². The molecule has 0 saturated heterocycles. The van der Waals surface area contributed by atoms with Crippen molar-refractivity contribution in [3.8, 4) is 0 Å². The molecule has 0 atom stereocenters. The highest BCUT2D eigenvalue weighted by molar-refractivity contribution is 5.98. The second-order valence-corrected chi connectivity index (χ2v) is 5.69. The van der Waals surface area contributed by atoms with Crippen molar-refractivity contribution in [3.63, 3.8) is 0 Å². The number of allylic oxidation sites excluding steroid dienone is 4. The SMILES string of the molecule is CCN(CC)C(=O)CC(=O)CC/C=C(\C)CCC=C(C)C. The molecule has 0 aromatic carbocycles. The molecule has 0 saturated carbocycles. The van der Waals surface area contributed by atoms with E-state index in [0.29, 0.717) is 19.5 Å². The molecule has 0 radical (unpaired) electrons. The summed E-state index contributed by atoms with van der Waals surface area (Å²) in [6, 6.07) is 0. The molecule has 0 aliphatic heterocycles. The Labute approximate surface area is 130 Å². The van der Waals surface area contributed by atoms with E-state index in [2.05, 4.69) is 32.9 Å². The van der Waals surface area contributed by atoms with Crippen molar-refractivity contribution in [2.75, 3.05) is 13.1 Å². The average molecular weight is 293 g/mol. The molecule has 3 nitrogen and oxygen atoms in total. The quantitative estimate of drug-likeness (QED) is 0.445. The number of hydrogen-bond donors (Lipinski definition) is 0. The number of hydrogen-bond acceptors (Lipinski definition) is 2. The van der Waals surface area contributed by atoms with Gasteiger partial charge in [-0.05, 0) is 53.9 Å². The lowest BCUT2D eigenvalue weighted by Gasteiger charge is -2.17. The van der Waals surface area contributed by atoms with Crippen LogP contribution in [0.5, 0.6) is 0 Å². The van der Waals surface area contributed by atoms with Gasteiger partial charge in [0, 0.05) is 19.5 Å². The van der Waals surface area contributed by atoms with Gasteiger partial charge in [0.2, 0.25) is 5.91 Å². The Morgan fingerprint density at radius 1 is 0.905 bits per heavy atom. The maximum atomic E-state index is 11.8. The van der Waals surface area contributed by atoms with Crippen LogP contribution in [0.3, 0.4) is 0 Å². The molecule has 1 amide bonds. The van der Waals surface area contributed by atoms with Crippen LogP contribution >= 0.6 is 0 Å². The number of rotatable bonds is 10. The zero-order valence-electron chi connectivity index (χ0n) is 14.4. The van der Waals surface area contributed by atoms with Gasteiger partial charge in [0.1, 0.15) is 5.78 Å². The lowest BCUT2D eigenvalue weighted by atomic mass is 10.1. The molecule has 0 bridgehead atoms. The molecular weight excluding hydrogens is 262 g/mol. The summed E-state index contributed by atoms with van der Waals surface area (Å²) in [5.41, 5.74) is 2.66. The summed E-state index contributed by atoms with van der Waals surface area (Å²) < 4.78 is 0. The van der Waals surface area contributed by atoms with Gasteiger partial charge < -0.3 is 4.90 Å². The van der Waals surface area contributed by atoms with Crippen LogP contribution in [0.15, 0.2) is 23.3 Å². The first-order chi connectivity index (χ1) is 9.90. The van der Waals surface area contributed by atoms with Crippen molar-refractivity contribution in [3.05, 3.63) is 23.3 Å². The maximum absolute atomic E-state index is 11.8. The molecule has 0 fully saturated rings. The van der Waals surface area contributed by atoms with Crippen molar-refractivity contribution in [1.29, 1.82) is 0 Å². The highest BCUT2D eigenvalue weighted by atomic mass is 16.2. The molecule has 0 N–H and O–H groups in total. The fraction of sp³-hybridized carbons (Fsp3) is 0.667. The van der Waals surface area contributed by atoms with Gasteiger partial charge in [0.15, 0.2) is 0 Å². The number of nitrogens with zero attached hydrogens (tertiary/aromatic N) is 1. The summed E-state index contributed by atoms with van der Waals surface area (Å²) in [6.07, 6.45) is 7.70. The van der Waals surface area contributed by atoms with Gasteiger partial charge in [-0.25, -0.2) is 0 Å². The zero-order valence-corrected chi connectivity index (χ0v) is 14.4. The zero-order chi connectivity index (χ0) is 16.3. The predicted octanol–water partition coefficient (Wildman–Crippen LogP) is 4.29. The number of Topliss-reactive ketones (excluding diaryl/α,β-unsaturated/α-hetero) is 1. The second kappa shape index (κ2) is 11.3. The number of carbonyl (C=O) groups is 2. The van der Waals surface area contributed by atoms with E-state index < -0.39 is 0 Å². The van der Waals surface area contributed by atoms with Gasteiger partial charge in [0.25, 0.3) is 0 Å². The first-order valence-electron chi connectivity index (χ1n) is 7.99. The third-order valence-corrected chi connectivity index (χ3v) is 3.47. The lowest BCUT2D eigenvalue weighted by Crippen LogP contribution is -2.31. The molecule has 0 aliphatic carbocycles. The van der Waals surface area contributed by atoms with Crippen molar-refractivity contribution < 1.29 is 9.59 Å². The van der Waals surface area contributed by atoms with Crippen LogP contribution in [0.2, 0.25) is 0 Å². The molecule has 3 heteroatoms. The standard InChI is InChI=1S/C18H31NO2/c1-6-19(7-2)18(21)14-17(20)13-9-12-16(5)11-8-10-15(3)4/h10,12H,6-9,11,13-14H2,1-5H3/b16-12+. The third kappa shape index (κ3) is 10.1. The second-order valence-electron chi connectivity index (χ2n) is 5.69. The molecular formula is C18H31NO2. The van der Waals surface area contributed by atoms with Crippen molar-refractivity contribution in [2.45, 2.75) is 66.7 Å². The van der Waals surface area contributed by atoms with E-state index in [1.165, 1.54) is 11.1 Å². The highest BCUT2D eigenvalue weighted by Crippen LogP contribution is 2.09. The van der Waals surface area contributed by atoms with Crippen LogP contribution in [-0.2, 0) is 9.59 Å². The molecule has 120 valence electrons. The molecule has 0 aromatic rings. The molecule has 0 heterocycles. The number of carbonyl (C=O) groups excluding carboxylic acids is 2. The highest BCUT2D eigenvalue weighted by Gasteiger charge is 2.13. The number of amides is 1. The van der Waals surface area contributed by atoms with E-state index in [0.717, 1.165) is 19.3 Å². The molecule has 0 aromatic heterocycles. The number of ketones is 1. The third-order valence-electron chi connectivity index (χ3n) is 3.47. The van der Waals surface area contributed by atoms with Gasteiger partial charge in [-0.1, -0.05) is 23.3 Å². The first-order valence-corrected chi connectivity index (χ1v) is 7.99. The Morgan fingerprint density at radius 3 is 2.00 bits per heavy atom. The van der Waals surface area contributed by atoms with Crippen molar-refractivity contribution >= 4 is 11.7 Å². The summed E-state index contributed by atoms with van der Waals surface area (Å²) in [6.45, 7) is 11.5. The van der Waals surface area contributed by atoms with Gasteiger partial charge in [-0.15, -0.1) is 0 Å². The summed E-state index contributed by atoms with van der Waals surface area (Å²) in [5, 5.41) is 0. The van der Waals surface area contributed by atoms with Crippen LogP contribution in [0.1, 0.15) is 66.7 Å². The van der Waals surface area contributed by atoms with Gasteiger partial charge in [0.05, 0.1) is 6.42 Å². The minimum absolute atomic E-state index is 0.0419. The average Bonchev–Trinajstić information content (AvgIpc) is 2.39. The van der Waals surface area contributed by atoms with Crippen LogP contribution in [0, 0.1) is 0 Å². The summed E-state index contributed by atoms with van der Waals surface area (Å²) >= 11 is 0. The minimum Gasteiger partial charge on any atom is -0.343 e. The van der Waals surface area contributed by atoms with E-state index in [1.807, 2.05) is 13.8 Å². The Bertz CT molecular complexity index is 386. The minimum atomic E-state index is -0.0470. The van der Waals surface area contributed by atoms with Crippen LogP contribution in [-0.4, -0.2) is 29.7 Å². The van der Waals surface area contributed by atoms with Gasteiger partial charge >= 0.3 is 0 Å². The Kier molecular flexibility index (Phi) is 10.6. The molecule has 0 spiro atoms. The molecule has 0 aliphatic rings. The largest absolute Gasteiger partial charge is 0.343 e. The first kappa shape index (κ1) is 19.6. The molecule has 0 unspecified atom stereocenters. The van der Waals surface area contributed by atoms with Crippen molar-refractivity contribution in [1.82, 2.24) is 4.90 Å². The molecule has 21 heavy (non-hydrogen) atoms. The van der Waals surface area contributed by atoms with Crippen LogP contribution in [0.25, 0.3) is 0 Å². The van der Waals surface area contributed by atoms with Gasteiger partial charge in [-0.3, -0.25) is 9.59 Å². The summed E-state index contributed by atoms with van der Waals surface area (Å²) in [4.78, 5) is 25.3.